The molecule has 2 heterocycles. The second-order valence-corrected chi connectivity index (χ2v) is 13.0. The van der Waals surface area contributed by atoms with Gasteiger partial charge in [0.15, 0.2) is 16.5 Å². The number of anilines is 2. The molecule has 0 radical (unpaired) electrons. The van der Waals surface area contributed by atoms with Gasteiger partial charge < -0.3 is 10.1 Å². The van der Waals surface area contributed by atoms with Crippen LogP contribution in [-0.2, 0) is 21.3 Å². The molecular formula is C25H27BrF2N4O4S2. The van der Waals surface area contributed by atoms with Crippen molar-refractivity contribution in [3.8, 4) is 0 Å². The van der Waals surface area contributed by atoms with Crippen LogP contribution < -0.4 is 9.62 Å². The van der Waals surface area contributed by atoms with E-state index in [1.54, 1.807) is 20.8 Å². The highest BCUT2D eigenvalue weighted by Gasteiger charge is 2.40. The highest BCUT2D eigenvalue weighted by atomic mass is 79.9. The van der Waals surface area contributed by atoms with Gasteiger partial charge in [-0.3, -0.25) is 4.90 Å². The standard InChI is InChI=1S/C25H27BrF2N4O4S2/c1-25(2,3)36-24(33)32(20-10-12-37-30-20)38(34,35)23-18(27)13-19(21(26)22(23)28)29-17-9-11-31(15-17)14-16-7-5-4-6-8-16/h4-8,10,12-13,17,29H,9,11,14-15H2,1-3H3/t17-/m0/s1. The van der Waals surface area contributed by atoms with Gasteiger partial charge in [-0.15, -0.1) is 4.31 Å². The van der Waals surface area contributed by atoms with E-state index >= 15 is 8.78 Å². The van der Waals surface area contributed by atoms with Gasteiger partial charge in [-0.2, -0.15) is 4.37 Å². The van der Waals surface area contributed by atoms with E-state index in [2.05, 4.69) is 30.5 Å². The van der Waals surface area contributed by atoms with E-state index in [0.29, 0.717) is 6.54 Å². The maximum absolute atomic E-state index is 15.5. The van der Waals surface area contributed by atoms with E-state index in [-0.39, 0.29) is 26.3 Å². The first-order chi connectivity index (χ1) is 17.9. The Hall–Kier alpha value is -2.61. The summed E-state index contributed by atoms with van der Waals surface area (Å²) in [6.45, 7) is 6.80. The van der Waals surface area contributed by atoms with Crippen molar-refractivity contribution in [1.29, 1.82) is 0 Å². The Balaban J connectivity index is 1.59. The van der Waals surface area contributed by atoms with Gasteiger partial charge in [-0.05, 0) is 72.4 Å². The summed E-state index contributed by atoms with van der Waals surface area (Å²) in [5.74, 6) is -3.04. The summed E-state index contributed by atoms with van der Waals surface area (Å²) in [6.07, 6.45) is -0.594. The number of halogens is 3. The lowest BCUT2D eigenvalue weighted by atomic mass is 10.2. The smallest absolute Gasteiger partial charge is 0.430 e. The molecule has 1 N–H and O–H groups in total. The number of benzene rings is 2. The van der Waals surface area contributed by atoms with Crippen LogP contribution in [0.5, 0.6) is 0 Å². The van der Waals surface area contributed by atoms with Crippen LogP contribution in [0.25, 0.3) is 0 Å². The maximum atomic E-state index is 15.5. The number of nitrogens with zero attached hydrogens (tertiary/aromatic N) is 3. The van der Waals surface area contributed by atoms with Crippen LogP contribution in [0.4, 0.5) is 25.1 Å². The topological polar surface area (TPSA) is 91.8 Å². The fourth-order valence-electron chi connectivity index (χ4n) is 4.10. The Bertz CT molecular complexity index is 1400. The van der Waals surface area contributed by atoms with E-state index in [1.165, 1.54) is 11.4 Å². The molecule has 0 spiro atoms. The van der Waals surface area contributed by atoms with E-state index in [9.17, 15) is 13.2 Å². The van der Waals surface area contributed by atoms with E-state index < -0.39 is 38.2 Å². The lowest BCUT2D eigenvalue weighted by Gasteiger charge is -2.26. The first-order valence-electron chi connectivity index (χ1n) is 11.8. The summed E-state index contributed by atoms with van der Waals surface area (Å²) in [6, 6.07) is 12.0. The van der Waals surface area contributed by atoms with Crippen molar-refractivity contribution < 1.29 is 26.7 Å². The Kier molecular flexibility index (Phi) is 8.40. The molecule has 1 aliphatic rings. The van der Waals surface area contributed by atoms with Crippen molar-refractivity contribution in [3.05, 3.63) is 69.5 Å². The number of ether oxygens (including phenoxy) is 1. The number of sulfonamides is 1. The minimum Gasteiger partial charge on any atom is -0.443 e. The fourth-order valence-corrected chi connectivity index (χ4v) is 6.60. The van der Waals surface area contributed by atoms with Crippen LogP contribution >= 0.6 is 27.5 Å². The van der Waals surface area contributed by atoms with Gasteiger partial charge in [0, 0.05) is 31.1 Å². The second kappa shape index (κ2) is 11.2. The average molecular weight is 630 g/mol. The first kappa shape index (κ1) is 28.4. The monoisotopic (exact) mass is 628 g/mol. The molecule has 0 saturated carbocycles. The summed E-state index contributed by atoms with van der Waals surface area (Å²) in [5.41, 5.74) is 0.167. The largest absolute Gasteiger partial charge is 0.443 e. The number of carbonyl (C=O) groups is 1. The molecule has 38 heavy (non-hydrogen) atoms. The fraction of sp³-hybridized carbons (Fsp3) is 0.360. The first-order valence-corrected chi connectivity index (χ1v) is 14.8. The molecule has 2 aromatic carbocycles. The number of hydrogen-bond donors (Lipinski definition) is 1. The Morgan fingerprint density at radius 3 is 2.61 bits per heavy atom. The second-order valence-electron chi connectivity index (χ2n) is 9.82. The molecule has 1 amide bonds. The maximum Gasteiger partial charge on any atom is 0.430 e. The lowest BCUT2D eigenvalue weighted by molar-refractivity contribution is 0.0608. The minimum absolute atomic E-state index is 0.0722. The molecule has 0 unspecified atom stereocenters. The summed E-state index contributed by atoms with van der Waals surface area (Å²) in [7, 11) is -5.08. The third-order valence-corrected chi connectivity index (χ3v) is 8.72. The van der Waals surface area contributed by atoms with Crippen LogP contribution in [0, 0.1) is 11.6 Å². The number of hydrogen-bond acceptors (Lipinski definition) is 8. The zero-order chi connectivity index (χ0) is 27.7. The zero-order valence-corrected chi connectivity index (χ0v) is 24.2. The van der Waals surface area contributed by atoms with Crippen molar-refractivity contribution in [1.82, 2.24) is 9.27 Å². The SMILES string of the molecule is CC(C)(C)OC(=O)N(c1ccsn1)S(=O)(=O)c1c(F)cc(N[C@H]2CCN(Cc3ccccc3)C2)c(Br)c1F. The van der Waals surface area contributed by atoms with Gasteiger partial charge in [0.25, 0.3) is 10.0 Å². The molecule has 4 rings (SSSR count). The molecule has 3 aromatic rings. The van der Waals surface area contributed by atoms with Gasteiger partial charge >= 0.3 is 6.09 Å². The minimum atomic E-state index is -5.08. The Morgan fingerprint density at radius 1 is 1.26 bits per heavy atom. The van der Waals surface area contributed by atoms with Crippen molar-refractivity contribution in [2.45, 2.75) is 50.3 Å². The van der Waals surface area contributed by atoms with Crippen molar-refractivity contribution >= 4 is 55.1 Å². The molecule has 204 valence electrons. The highest BCUT2D eigenvalue weighted by Crippen LogP contribution is 2.36. The molecular weight excluding hydrogens is 602 g/mol. The Morgan fingerprint density at radius 2 is 1.97 bits per heavy atom. The van der Waals surface area contributed by atoms with E-state index in [4.69, 9.17) is 4.74 Å². The van der Waals surface area contributed by atoms with Crippen LogP contribution in [0.15, 0.2) is 57.2 Å². The van der Waals surface area contributed by atoms with Gasteiger partial charge in [-0.25, -0.2) is 22.0 Å². The molecule has 0 aliphatic carbocycles. The van der Waals surface area contributed by atoms with Gasteiger partial charge in [0.1, 0.15) is 11.4 Å². The van der Waals surface area contributed by atoms with Crippen LogP contribution in [0.2, 0.25) is 0 Å². The predicted octanol–water partition coefficient (Wildman–Crippen LogP) is 6.00. The normalized spacial score (nSPS) is 16.4. The number of likely N-dealkylation sites (tertiary alicyclic amines) is 1. The molecule has 1 aliphatic heterocycles. The number of carbonyl (C=O) groups excluding carboxylic acids is 1. The van der Waals surface area contributed by atoms with Crippen molar-refractivity contribution in [3.63, 3.8) is 0 Å². The molecule has 1 atom stereocenters. The number of amides is 1. The van der Waals surface area contributed by atoms with Crippen molar-refractivity contribution in [2.24, 2.45) is 0 Å². The zero-order valence-electron chi connectivity index (χ0n) is 20.9. The molecule has 1 aromatic heterocycles. The lowest BCUT2D eigenvalue weighted by Crippen LogP contribution is -2.42. The third kappa shape index (κ3) is 6.33. The van der Waals surface area contributed by atoms with Crippen molar-refractivity contribution in [2.75, 3.05) is 22.7 Å². The predicted molar refractivity (Wildman–Crippen MR) is 146 cm³/mol. The Labute approximate surface area is 232 Å². The van der Waals surface area contributed by atoms with E-state index in [0.717, 1.165) is 42.7 Å². The number of aromatic nitrogens is 1. The summed E-state index contributed by atoms with van der Waals surface area (Å²) in [4.78, 5) is 13.8. The highest BCUT2D eigenvalue weighted by molar-refractivity contribution is 9.10. The molecule has 1 fully saturated rings. The molecule has 0 bridgehead atoms. The van der Waals surface area contributed by atoms with Gasteiger partial charge in [-0.1, -0.05) is 30.3 Å². The van der Waals surface area contributed by atoms with Gasteiger partial charge in [0.05, 0.1) is 10.2 Å². The van der Waals surface area contributed by atoms with Crippen LogP contribution in [0.1, 0.15) is 32.8 Å². The average Bonchev–Trinajstić information content (AvgIpc) is 3.49. The number of rotatable bonds is 7. The third-order valence-electron chi connectivity index (χ3n) is 5.69. The van der Waals surface area contributed by atoms with Crippen LogP contribution in [-0.4, -0.2) is 48.5 Å². The van der Waals surface area contributed by atoms with Gasteiger partial charge in [0.2, 0.25) is 0 Å². The molecule has 8 nitrogen and oxygen atoms in total. The summed E-state index contributed by atoms with van der Waals surface area (Å²) < 4.78 is 66.9. The summed E-state index contributed by atoms with van der Waals surface area (Å²) in [5, 5.41) is 4.55. The van der Waals surface area contributed by atoms with E-state index in [1.807, 2.05) is 30.3 Å². The number of nitrogens with one attached hydrogen (secondary N) is 1. The molecule has 1 saturated heterocycles. The quantitative estimate of drug-likeness (QED) is 0.321. The molecule has 13 heteroatoms. The summed E-state index contributed by atoms with van der Waals surface area (Å²) >= 11 is 3.96. The van der Waals surface area contributed by atoms with Crippen LogP contribution in [0.3, 0.4) is 0 Å².